The van der Waals surface area contributed by atoms with Crippen LogP contribution in [0.5, 0.6) is 0 Å². The molecule has 2 aromatic carbocycles. The number of unbranched alkanes of at least 4 members (excludes halogenated alkanes) is 1. The molecular formula is C42H54N8O7. The highest BCUT2D eigenvalue weighted by Gasteiger charge is 2.45. The van der Waals surface area contributed by atoms with E-state index < -0.39 is 72.1 Å². The van der Waals surface area contributed by atoms with E-state index in [1.54, 1.807) is 18.2 Å². The van der Waals surface area contributed by atoms with E-state index in [1.807, 2.05) is 42.5 Å². The van der Waals surface area contributed by atoms with E-state index in [0.29, 0.717) is 24.9 Å². The maximum absolute atomic E-state index is 15.6. The van der Waals surface area contributed by atoms with Gasteiger partial charge in [-0.2, -0.15) is 0 Å². The number of primary amides is 1. The van der Waals surface area contributed by atoms with Crippen LogP contribution in [-0.4, -0.2) is 86.5 Å². The van der Waals surface area contributed by atoms with E-state index in [9.17, 15) is 24.3 Å². The second-order valence-electron chi connectivity index (χ2n) is 14.9. The number of imide groups is 1. The summed E-state index contributed by atoms with van der Waals surface area (Å²) in [4.78, 5) is 74.8. The lowest BCUT2D eigenvalue weighted by Crippen LogP contribution is -2.61. The maximum Gasteiger partial charge on any atom is 0.253 e. The van der Waals surface area contributed by atoms with Crippen LogP contribution in [0.2, 0.25) is 0 Å². The lowest BCUT2D eigenvalue weighted by atomic mass is 9.81. The number of carbonyl (C=O) groups excluding carboxylic acids is 5. The van der Waals surface area contributed by atoms with Gasteiger partial charge in [-0.25, -0.2) is 0 Å². The number of nitrogens with two attached hydrogens (primary N) is 3. The molecule has 2 aromatic heterocycles. The monoisotopic (exact) mass is 782 g/mol. The molecule has 1 unspecified atom stereocenters. The number of aliphatic hydroxyl groups is 1. The van der Waals surface area contributed by atoms with Crippen LogP contribution in [0.15, 0.2) is 83.8 Å². The Hall–Kier alpha value is -5.51. The normalized spacial score (nSPS) is 16.4. The van der Waals surface area contributed by atoms with Crippen LogP contribution >= 0.6 is 0 Å². The third kappa shape index (κ3) is 11.1. The van der Waals surface area contributed by atoms with Crippen LogP contribution in [-0.2, 0) is 19.2 Å². The Morgan fingerprint density at radius 2 is 1.68 bits per heavy atom. The smallest absolute Gasteiger partial charge is 0.253 e. The number of nitrogens with zero attached hydrogens (tertiary/aromatic N) is 3. The van der Waals surface area contributed by atoms with Gasteiger partial charge in [0.1, 0.15) is 17.8 Å². The highest BCUT2D eigenvalue weighted by molar-refractivity contribution is 6.04. The van der Waals surface area contributed by atoms with Crippen LogP contribution in [0.1, 0.15) is 98.7 Å². The number of rotatable bonds is 19. The molecule has 0 radical (unpaired) electrons. The summed E-state index contributed by atoms with van der Waals surface area (Å²) in [6, 6.07) is 12.8. The van der Waals surface area contributed by atoms with Crippen molar-refractivity contribution in [3.8, 4) is 0 Å². The summed E-state index contributed by atoms with van der Waals surface area (Å²) in [5, 5.41) is 23.1. The van der Waals surface area contributed by atoms with Crippen molar-refractivity contribution in [2.75, 3.05) is 6.54 Å². The van der Waals surface area contributed by atoms with Crippen molar-refractivity contribution < 1.29 is 33.6 Å². The van der Waals surface area contributed by atoms with Gasteiger partial charge in [0.2, 0.25) is 17.7 Å². The zero-order valence-corrected chi connectivity index (χ0v) is 32.3. The first-order valence-electron chi connectivity index (χ1n) is 19.7. The molecule has 5 amide bonds. The van der Waals surface area contributed by atoms with Crippen molar-refractivity contribution in [3.05, 3.63) is 96.1 Å². The third-order valence-electron chi connectivity index (χ3n) is 10.7. The number of hydrogen-bond donors (Lipinski definition) is 6. The number of carbonyl (C=O) groups is 5. The first kappa shape index (κ1) is 42.6. The predicted molar refractivity (Wildman–Crippen MR) is 213 cm³/mol. The summed E-state index contributed by atoms with van der Waals surface area (Å²) >= 11 is 0. The average Bonchev–Trinajstić information content (AvgIpc) is 3.75. The minimum Gasteiger partial charge on any atom is -0.390 e. The van der Waals surface area contributed by atoms with Crippen LogP contribution in [0.4, 0.5) is 0 Å². The van der Waals surface area contributed by atoms with Gasteiger partial charge in [-0.15, -0.1) is 0 Å². The van der Waals surface area contributed by atoms with E-state index in [1.165, 1.54) is 25.5 Å². The van der Waals surface area contributed by atoms with Gasteiger partial charge in [-0.05, 0) is 73.5 Å². The molecule has 1 saturated carbocycles. The minimum absolute atomic E-state index is 0.00107. The summed E-state index contributed by atoms with van der Waals surface area (Å²) in [5.41, 5.74) is 18.2. The quantitative estimate of drug-likeness (QED) is 0.0755. The molecule has 0 saturated heterocycles. The first-order chi connectivity index (χ1) is 27.5. The van der Waals surface area contributed by atoms with E-state index in [0.717, 1.165) is 47.8 Å². The van der Waals surface area contributed by atoms with E-state index >= 15 is 4.79 Å². The van der Waals surface area contributed by atoms with Gasteiger partial charge in [0.05, 0.1) is 42.3 Å². The fraction of sp³-hybridized carbons (Fsp3) is 0.452. The summed E-state index contributed by atoms with van der Waals surface area (Å²) in [5.74, 6) is -4.60. The fourth-order valence-electron chi connectivity index (χ4n) is 7.78. The first-order valence-corrected chi connectivity index (χ1v) is 19.7. The average molecular weight is 783 g/mol. The molecule has 304 valence electrons. The molecule has 5 rings (SSSR count). The van der Waals surface area contributed by atoms with Crippen LogP contribution < -0.4 is 27.8 Å². The lowest BCUT2D eigenvalue weighted by Gasteiger charge is -2.40. The molecule has 0 spiro atoms. The lowest BCUT2D eigenvalue weighted by molar-refractivity contribution is -0.155. The molecule has 0 bridgehead atoms. The van der Waals surface area contributed by atoms with Crippen molar-refractivity contribution >= 4 is 40.3 Å². The molecule has 9 N–H and O–H groups in total. The van der Waals surface area contributed by atoms with Gasteiger partial charge in [0.25, 0.3) is 11.8 Å². The molecular weight excluding hydrogens is 729 g/mol. The summed E-state index contributed by atoms with van der Waals surface area (Å²) in [6.07, 6.45) is 8.15. The zero-order valence-electron chi connectivity index (χ0n) is 32.3. The van der Waals surface area contributed by atoms with Crippen molar-refractivity contribution in [1.82, 2.24) is 25.7 Å². The molecule has 15 nitrogen and oxygen atoms in total. The maximum atomic E-state index is 15.6. The highest BCUT2D eigenvalue weighted by Crippen LogP contribution is 2.36. The van der Waals surface area contributed by atoms with Crippen molar-refractivity contribution in [2.24, 2.45) is 23.1 Å². The summed E-state index contributed by atoms with van der Waals surface area (Å²) in [6.45, 7) is 1.83. The van der Waals surface area contributed by atoms with E-state index in [-0.39, 0.29) is 30.1 Å². The SMILES string of the molecule is C[C@H](N)C(=O)N(C(=O)[C@@H](NC(=O)c1cccnc1)C(c1ccno1)c1cccc2ccccc12)[C@@H](CC1CCCCC1)[C@@H](O)CC(=O)N[C@@H](CCCCN)C(N)=O. The Balaban J connectivity index is 1.62. The molecule has 0 aliphatic heterocycles. The minimum atomic E-state index is -1.59. The van der Waals surface area contributed by atoms with E-state index in [2.05, 4.69) is 20.8 Å². The number of amides is 5. The Bertz CT molecular complexity index is 1950. The molecule has 57 heavy (non-hydrogen) atoms. The second-order valence-corrected chi connectivity index (χ2v) is 14.9. The number of nitrogens with one attached hydrogen (secondary N) is 2. The van der Waals surface area contributed by atoms with Crippen LogP contribution in [0.3, 0.4) is 0 Å². The zero-order chi connectivity index (χ0) is 40.9. The number of benzene rings is 2. The number of aromatic nitrogens is 2. The van der Waals surface area contributed by atoms with Gasteiger partial charge in [0, 0.05) is 18.5 Å². The number of hydrogen-bond acceptors (Lipinski definition) is 11. The van der Waals surface area contributed by atoms with Gasteiger partial charge in [0.15, 0.2) is 0 Å². The molecule has 2 heterocycles. The Morgan fingerprint density at radius 3 is 2.35 bits per heavy atom. The highest BCUT2D eigenvalue weighted by atomic mass is 16.5. The Kier molecular flexibility index (Phi) is 15.4. The number of fused-ring (bicyclic) bond motifs is 1. The summed E-state index contributed by atoms with van der Waals surface area (Å²) < 4.78 is 5.74. The van der Waals surface area contributed by atoms with Crippen molar-refractivity contribution in [3.63, 3.8) is 0 Å². The summed E-state index contributed by atoms with van der Waals surface area (Å²) in [7, 11) is 0. The van der Waals surface area contributed by atoms with Gasteiger partial charge in [-0.1, -0.05) is 79.7 Å². The van der Waals surface area contributed by atoms with Crippen LogP contribution in [0, 0.1) is 5.92 Å². The molecule has 1 fully saturated rings. The Morgan fingerprint density at radius 1 is 0.930 bits per heavy atom. The topological polar surface area (TPSA) is 250 Å². The molecule has 15 heteroatoms. The molecule has 6 atom stereocenters. The standard InChI is InChI=1S/C42H54N8O7/c1-26(44)41(55)50(33(23-27-11-3-2-4-12-27)34(51)24-36(52)48-32(39(45)53)18-7-8-20-43)42(56)38(49-40(54)29-15-10-21-46-25-29)37(35-19-22-47-57-35)31-17-9-14-28-13-5-6-16-30(28)31/h5-6,9-10,13-17,19,21-22,25-27,32-34,37-38,51H,2-4,7-8,11-12,18,20,23-24,43-44H2,1H3,(H2,45,53)(H,48,52)(H,49,54)/t26-,32-,33-,34-,37?,38-/m0/s1. The number of aliphatic hydroxyl groups excluding tert-OH is 1. The predicted octanol–water partition coefficient (Wildman–Crippen LogP) is 3.04. The van der Waals surface area contributed by atoms with Crippen molar-refractivity contribution in [2.45, 2.75) is 107 Å². The van der Waals surface area contributed by atoms with Gasteiger partial charge < -0.3 is 37.5 Å². The second kappa shape index (κ2) is 20.6. The van der Waals surface area contributed by atoms with E-state index in [4.69, 9.17) is 21.7 Å². The van der Waals surface area contributed by atoms with Gasteiger partial charge >= 0.3 is 0 Å². The Labute approximate surface area is 332 Å². The van der Waals surface area contributed by atoms with Crippen LogP contribution in [0.25, 0.3) is 10.8 Å². The van der Waals surface area contributed by atoms with Gasteiger partial charge in [-0.3, -0.25) is 33.9 Å². The molecule has 1 aliphatic rings. The third-order valence-corrected chi connectivity index (χ3v) is 10.7. The fourth-order valence-corrected chi connectivity index (χ4v) is 7.78. The molecule has 4 aromatic rings. The molecule has 1 aliphatic carbocycles. The largest absolute Gasteiger partial charge is 0.390 e. The number of pyridine rings is 1. The van der Waals surface area contributed by atoms with Crippen molar-refractivity contribution in [1.29, 1.82) is 0 Å².